The number of nitrogens with zero attached hydrogens (tertiary/aromatic N) is 1. The van der Waals surface area contributed by atoms with E-state index in [1.54, 1.807) is 42.5 Å². The van der Waals surface area contributed by atoms with Gasteiger partial charge in [0.2, 0.25) is 0 Å². The van der Waals surface area contributed by atoms with E-state index in [-0.39, 0.29) is 11.3 Å². The van der Waals surface area contributed by atoms with Gasteiger partial charge >= 0.3 is 5.97 Å². The van der Waals surface area contributed by atoms with E-state index < -0.39 is 24.3 Å². The fraction of sp³-hybridized carbons (Fsp3) is 0.0870. The molecule has 6 nitrogen and oxygen atoms in total. The molecule has 0 fully saturated rings. The predicted octanol–water partition coefficient (Wildman–Crippen LogP) is 4.74. The summed E-state index contributed by atoms with van der Waals surface area (Å²) in [6, 6.07) is 18.0. The highest BCUT2D eigenvalue weighted by molar-refractivity contribution is 6.05. The number of esters is 1. The Kier molecular flexibility index (Phi) is 5.26. The van der Waals surface area contributed by atoms with Crippen molar-refractivity contribution in [3.8, 4) is 11.5 Å². The number of aryl methyl sites for hydroxylation is 1. The topological polar surface area (TPSA) is 81.4 Å². The third kappa shape index (κ3) is 4.05. The van der Waals surface area contributed by atoms with Crippen molar-refractivity contribution < 1.29 is 23.1 Å². The second-order valence-electron chi connectivity index (χ2n) is 6.59. The molecular weight excluding hydrogens is 387 g/mol. The van der Waals surface area contributed by atoms with Crippen molar-refractivity contribution in [3.63, 3.8) is 0 Å². The number of hydrogen-bond acceptors (Lipinski definition) is 5. The van der Waals surface area contributed by atoms with Crippen LogP contribution < -0.4 is 5.32 Å². The van der Waals surface area contributed by atoms with Crippen LogP contribution in [0.2, 0.25) is 0 Å². The molecule has 2 heterocycles. The molecule has 30 heavy (non-hydrogen) atoms. The summed E-state index contributed by atoms with van der Waals surface area (Å²) in [7, 11) is 0. The smallest absolute Gasteiger partial charge is 0.339 e. The highest BCUT2D eigenvalue weighted by Gasteiger charge is 2.18. The van der Waals surface area contributed by atoms with Crippen molar-refractivity contribution in [2.24, 2.45) is 0 Å². The minimum Gasteiger partial charge on any atom is -0.460 e. The monoisotopic (exact) mass is 404 g/mol. The fourth-order valence-electron chi connectivity index (χ4n) is 3.00. The van der Waals surface area contributed by atoms with Crippen LogP contribution in [0.5, 0.6) is 0 Å². The van der Waals surface area contributed by atoms with Crippen molar-refractivity contribution >= 4 is 28.5 Å². The van der Waals surface area contributed by atoms with Crippen molar-refractivity contribution in [2.45, 2.75) is 6.92 Å². The summed E-state index contributed by atoms with van der Waals surface area (Å²) in [6.45, 7) is 1.26. The number of halogens is 1. The van der Waals surface area contributed by atoms with Crippen molar-refractivity contribution in [2.75, 3.05) is 11.9 Å². The molecule has 1 amide bonds. The molecule has 0 saturated carbocycles. The average Bonchev–Trinajstić information content (AvgIpc) is 3.19. The van der Waals surface area contributed by atoms with Crippen LogP contribution in [0.3, 0.4) is 0 Å². The Morgan fingerprint density at radius 3 is 2.60 bits per heavy atom. The SMILES string of the molecule is Cc1ccc(-c2cc(C(=O)OCC(=O)Nc3ccccc3F)c3ccccc3n2)o1. The highest BCUT2D eigenvalue weighted by Crippen LogP contribution is 2.26. The van der Waals surface area contributed by atoms with Gasteiger partial charge in [-0.3, -0.25) is 4.79 Å². The largest absolute Gasteiger partial charge is 0.460 e. The third-order valence-corrected chi connectivity index (χ3v) is 4.41. The van der Waals surface area contributed by atoms with Crippen LogP contribution in [0.1, 0.15) is 16.1 Å². The molecule has 0 saturated heterocycles. The number of aromatic nitrogens is 1. The summed E-state index contributed by atoms with van der Waals surface area (Å²) in [5.74, 6) is -0.676. The van der Waals surface area contributed by atoms with Crippen molar-refractivity contribution in [1.82, 2.24) is 4.98 Å². The lowest BCUT2D eigenvalue weighted by Crippen LogP contribution is -2.21. The van der Waals surface area contributed by atoms with Crippen LogP contribution in [0.15, 0.2) is 71.1 Å². The standard InChI is InChI=1S/C23H17FN2O4/c1-14-10-11-21(30-14)20-12-16(15-6-2-4-8-18(15)25-20)23(28)29-13-22(27)26-19-9-5-3-7-17(19)24/h2-12H,13H2,1H3,(H,26,27). The number of furan rings is 1. The van der Waals surface area contributed by atoms with E-state index in [9.17, 15) is 14.0 Å². The van der Waals surface area contributed by atoms with Crippen LogP contribution >= 0.6 is 0 Å². The maximum atomic E-state index is 13.7. The van der Waals surface area contributed by atoms with Crippen molar-refractivity contribution in [1.29, 1.82) is 0 Å². The molecule has 1 N–H and O–H groups in total. The minimum absolute atomic E-state index is 0.0170. The Morgan fingerprint density at radius 2 is 1.83 bits per heavy atom. The molecule has 150 valence electrons. The van der Waals surface area contributed by atoms with Gasteiger partial charge in [0.05, 0.1) is 16.8 Å². The minimum atomic E-state index is -0.693. The van der Waals surface area contributed by atoms with Crippen LogP contribution in [-0.2, 0) is 9.53 Å². The maximum absolute atomic E-state index is 13.7. The van der Waals surface area contributed by atoms with E-state index in [0.717, 1.165) is 0 Å². The number of pyridine rings is 1. The quantitative estimate of drug-likeness (QED) is 0.486. The lowest BCUT2D eigenvalue weighted by molar-refractivity contribution is -0.119. The van der Waals surface area contributed by atoms with Gasteiger partial charge in [0, 0.05) is 5.39 Å². The van der Waals surface area contributed by atoms with E-state index >= 15 is 0 Å². The molecule has 4 rings (SSSR count). The van der Waals surface area contributed by atoms with Gasteiger partial charge in [0.25, 0.3) is 5.91 Å². The first-order valence-electron chi connectivity index (χ1n) is 9.19. The van der Waals surface area contributed by atoms with Gasteiger partial charge in [-0.25, -0.2) is 14.2 Å². The van der Waals surface area contributed by atoms with E-state index in [2.05, 4.69) is 10.3 Å². The number of benzene rings is 2. The second kappa shape index (κ2) is 8.16. The van der Waals surface area contributed by atoms with Gasteiger partial charge in [0.1, 0.15) is 17.3 Å². The molecule has 4 aromatic rings. The summed E-state index contributed by atoms with van der Waals surface area (Å²) < 4.78 is 24.4. The van der Waals surface area contributed by atoms with Gasteiger partial charge in [-0.1, -0.05) is 30.3 Å². The first-order chi connectivity index (χ1) is 14.5. The van der Waals surface area contributed by atoms with E-state index in [0.29, 0.717) is 28.1 Å². The Bertz CT molecular complexity index is 1250. The van der Waals surface area contributed by atoms with Gasteiger partial charge in [-0.05, 0) is 43.3 Å². The number of anilines is 1. The molecule has 0 unspecified atom stereocenters. The zero-order chi connectivity index (χ0) is 21.1. The summed E-state index contributed by atoms with van der Waals surface area (Å²) in [5, 5.41) is 2.96. The highest BCUT2D eigenvalue weighted by atomic mass is 19.1. The normalized spacial score (nSPS) is 10.7. The van der Waals surface area contributed by atoms with Gasteiger partial charge in [-0.2, -0.15) is 0 Å². The third-order valence-electron chi connectivity index (χ3n) is 4.41. The van der Waals surface area contributed by atoms with Crippen LogP contribution in [0, 0.1) is 12.7 Å². The van der Waals surface area contributed by atoms with Crippen LogP contribution in [0.25, 0.3) is 22.4 Å². The lowest BCUT2D eigenvalue weighted by atomic mass is 10.1. The van der Waals surface area contributed by atoms with E-state index in [4.69, 9.17) is 9.15 Å². The summed E-state index contributed by atoms with van der Waals surface area (Å²) >= 11 is 0. The summed E-state index contributed by atoms with van der Waals surface area (Å²) in [5.41, 5.74) is 1.34. The van der Waals surface area contributed by atoms with E-state index in [1.165, 1.54) is 18.2 Å². The van der Waals surface area contributed by atoms with Gasteiger partial charge < -0.3 is 14.5 Å². The number of nitrogens with one attached hydrogen (secondary N) is 1. The molecule has 2 aromatic heterocycles. The van der Waals surface area contributed by atoms with Gasteiger partial charge in [0.15, 0.2) is 12.4 Å². The summed E-state index contributed by atoms with van der Waals surface area (Å²) in [6.07, 6.45) is 0. The van der Waals surface area contributed by atoms with Crippen molar-refractivity contribution in [3.05, 3.63) is 83.9 Å². The molecular formula is C23H17FN2O4. The Hall–Kier alpha value is -4.00. The number of rotatable bonds is 5. The predicted molar refractivity (Wildman–Crippen MR) is 109 cm³/mol. The van der Waals surface area contributed by atoms with Crippen LogP contribution in [-0.4, -0.2) is 23.5 Å². The second-order valence-corrected chi connectivity index (χ2v) is 6.59. The Morgan fingerprint density at radius 1 is 1.07 bits per heavy atom. The number of hydrogen-bond donors (Lipinski definition) is 1. The first kappa shape index (κ1) is 19.3. The zero-order valence-corrected chi connectivity index (χ0v) is 16.0. The Balaban J connectivity index is 1.56. The number of carbonyl (C=O) groups is 2. The van der Waals surface area contributed by atoms with Crippen LogP contribution in [0.4, 0.5) is 10.1 Å². The number of para-hydroxylation sites is 2. The molecule has 0 radical (unpaired) electrons. The molecule has 2 aromatic carbocycles. The molecule has 0 aliphatic heterocycles. The molecule has 0 bridgehead atoms. The van der Waals surface area contributed by atoms with E-state index in [1.807, 2.05) is 13.0 Å². The summed E-state index contributed by atoms with van der Waals surface area (Å²) in [4.78, 5) is 29.3. The first-order valence-corrected chi connectivity index (χ1v) is 9.19. The Labute approximate surface area is 171 Å². The molecule has 7 heteroatoms. The molecule has 0 spiro atoms. The number of carbonyl (C=O) groups excluding carboxylic acids is 2. The molecule has 0 aliphatic carbocycles. The number of amides is 1. The number of fused-ring (bicyclic) bond motifs is 1. The lowest BCUT2D eigenvalue weighted by Gasteiger charge is -2.10. The molecule has 0 atom stereocenters. The number of ether oxygens (including phenoxy) is 1. The average molecular weight is 404 g/mol. The molecule has 0 aliphatic rings. The zero-order valence-electron chi connectivity index (χ0n) is 16.0. The van der Waals surface area contributed by atoms with Gasteiger partial charge in [-0.15, -0.1) is 0 Å². The fourth-order valence-corrected chi connectivity index (χ4v) is 3.00. The maximum Gasteiger partial charge on any atom is 0.339 e.